The number of rotatable bonds is 6. The summed E-state index contributed by atoms with van der Waals surface area (Å²) in [6.07, 6.45) is 1.97. The largest absolute Gasteiger partial charge is 0.341 e. The van der Waals surface area contributed by atoms with E-state index in [1.807, 2.05) is 12.1 Å². The molecule has 0 radical (unpaired) electrons. The maximum atomic E-state index is 5.63. The van der Waals surface area contributed by atoms with Crippen molar-refractivity contribution in [3.8, 4) is 0 Å². The predicted octanol–water partition coefficient (Wildman–Crippen LogP) is 8.10. The van der Waals surface area contributed by atoms with Crippen LogP contribution in [0.3, 0.4) is 0 Å². The van der Waals surface area contributed by atoms with Crippen molar-refractivity contribution < 1.29 is 0 Å². The number of nitrogens with one attached hydrogen (secondary N) is 2. The minimum atomic E-state index is 0.726. The van der Waals surface area contributed by atoms with E-state index in [1.54, 1.807) is 23.5 Å². The summed E-state index contributed by atoms with van der Waals surface area (Å²) in [5, 5.41) is 6.75. The van der Waals surface area contributed by atoms with Gasteiger partial charge in [0.05, 0.1) is 0 Å². The first-order chi connectivity index (χ1) is 15.0. The number of thioether (sulfide) groups is 2. The maximum absolute atomic E-state index is 5.63. The van der Waals surface area contributed by atoms with Gasteiger partial charge in [0.25, 0.3) is 0 Å². The highest BCUT2D eigenvalue weighted by Crippen LogP contribution is 2.29. The lowest BCUT2D eigenvalue weighted by Gasteiger charge is -2.15. The molecule has 2 nitrogen and oxygen atoms in total. The number of thiocarbonyl (C=S) groups is 2. The first-order valence-electron chi connectivity index (χ1n) is 10.2. The molecule has 0 spiro atoms. The van der Waals surface area contributed by atoms with Gasteiger partial charge in [0, 0.05) is 21.2 Å². The molecule has 31 heavy (non-hydrogen) atoms. The van der Waals surface area contributed by atoms with Crippen LogP contribution in [0.25, 0.3) is 0 Å². The third-order valence-corrected chi connectivity index (χ3v) is 7.35. The van der Waals surface area contributed by atoms with E-state index in [0.29, 0.717) is 0 Å². The highest BCUT2D eigenvalue weighted by molar-refractivity contribution is 8.23. The van der Waals surface area contributed by atoms with Crippen molar-refractivity contribution in [3.05, 3.63) is 83.4 Å². The van der Waals surface area contributed by atoms with Crippen LogP contribution in [0.2, 0.25) is 0 Å². The van der Waals surface area contributed by atoms with Gasteiger partial charge in [-0.1, -0.05) is 104 Å². The first kappa shape index (κ1) is 23.8. The van der Waals surface area contributed by atoms with Gasteiger partial charge in [-0.15, -0.1) is 0 Å². The zero-order valence-corrected chi connectivity index (χ0v) is 21.2. The monoisotopic (exact) mass is 482 g/mol. The fourth-order valence-corrected chi connectivity index (χ4v) is 5.58. The van der Waals surface area contributed by atoms with Crippen LogP contribution in [0.1, 0.15) is 30.5 Å². The Hall–Kier alpha value is -1.86. The van der Waals surface area contributed by atoms with Gasteiger partial charge in [0.15, 0.2) is 0 Å². The Kier molecular flexibility index (Phi) is 8.96. The fourth-order valence-electron chi connectivity index (χ4n) is 3.10. The Balaban J connectivity index is 1.67. The highest BCUT2D eigenvalue weighted by Gasteiger charge is 2.09. The molecule has 0 unspecified atom stereocenters. The summed E-state index contributed by atoms with van der Waals surface area (Å²) in [4.78, 5) is 2.39. The average molecular weight is 483 g/mol. The predicted molar refractivity (Wildman–Crippen MR) is 147 cm³/mol. The number of benzene rings is 3. The Morgan fingerprint density at radius 1 is 0.742 bits per heavy atom. The Bertz CT molecular complexity index is 1080. The second-order valence-corrected chi connectivity index (χ2v) is 10.4. The third kappa shape index (κ3) is 6.81. The summed E-state index contributed by atoms with van der Waals surface area (Å²) in [5.74, 6) is 0. The molecule has 6 heteroatoms. The van der Waals surface area contributed by atoms with Crippen molar-refractivity contribution in [2.45, 2.75) is 43.4 Å². The average Bonchev–Trinajstić information content (AvgIpc) is 2.76. The van der Waals surface area contributed by atoms with E-state index in [9.17, 15) is 0 Å². The van der Waals surface area contributed by atoms with Gasteiger partial charge in [-0.25, -0.2) is 0 Å². The summed E-state index contributed by atoms with van der Waals surface area (Å²) in [5.41, 5.74) is 5.67. The molecule has 3 aromatic rings. The maximum Gasteiger partial charge on any atom is 0.143 e. The molecule has 0 fully saturated rings. The zero-order valence-electron chi connectivity index (χ0n) is 17.9. The number of anilines is 2. The smallest absolute Gasteiger partial charge is 0.143 e. The molecule has 0 amide bonds. The van der Waals surface area contributed by atoms with Crippen LogP contribution in [-0.4, -0.2) is 8.64 Å². The molecule has 0 saturated carbocycles. The van der Waals surface area contributed by atoms with Crippen molar-refractivity contribution in [2.75, 3.05) is 10.6 Å². The van der Waals surface area contributed by atoms with E-state index in [4.69, 9.17) is 24.4 Å². The molecule has 2 N–H and O–H groups in total. The fraction of sp³-hybridized carbons (Fsp3) is 0.200. The van der Waals surface area contributed by atoms with Crippen molar-refractivity contribution >= 4 is 68.0 Å². The van der Waals surface area contributed by atoms with E-state index in [1.165, 1.54) is 20.9 Å². The standard InChI is InChI=1S/C25H26N2S4/c1-4-18-10-6-8-12-22(18)30-24(28)26-20-15-14-17(3)21(16-20)27-25(29)31-23-13-9-7-11-19(23)5-2/h6-16H,4-5H2,1-3H3,(H,26,28)(H,27,29). The van der Waals surface area contributed by atoms with Crippen LogP contribution in [-0.2, 0) is 12.8 Å². The lowest BCUT2D eigenvalue weighted by molar-refractivity contribution is 1.08. The van der Waals surface area contributed by atoms with Crippen molar-refractivity contribution in [1.29, 1.82) is 0 Å². The van der Waals surface area contributed by atoms with Crippen molar-refractivity contribution in [2.24, 2.45) is 0 Å². The second kappa shape index (κ2) is 11.7. The molecular weight excluding hydrogens is 457 g/mol. The summed E-state index contributed by atoms with van der Waals surface area (Å²) < 4.78 is 1.46. The number of hydrogen-bond donors (Lipinski definition) is 2. The molecule has 0 bridgehead atoms. The molecule has 160 valence electrons. The SMILES string of the molecule is CCc1ccccc1SC(=S)Nc1ccc(C)c(NC(=S)Sc2ccccc2CC)c1. The van der Waals surface area contributed by atoms with Gasteiger partial charge in [-0.2, -0.15) is 0 Å². The van der Waals surface area contributed by atoms with Crippen LogP contribution in [0, 0.1) is 6.92 Å². The molecule has 0 heterocycles. The molecule has 0 atom stereocenters. The Morgan fingerprint density at radius 3 is 1.81 bits per heavy atom. The van der Waals surface area contributed by atoms with Gasteiger partial charge in [0.1, 0.15) is 8.64 Å². The normalized spacial score (nSPS) is 10.5. The topological polar surface area (TPSA) is 24.1 Å². The van der Waals surface area contributed by atoms with Crippen molar-refractivity contribution in [3.63, 3.8) is 0 Å². The van der Waals surface area contributed by atoms with E-state index in [2.05, 4.69) is 86.0 Å². The summed E-state index contributed by atoms with van der Waals surface area (Å²) in [6.45, 7) is 6.40. The van der Waals surface area contributed by atoms with E-state index >= 15 is 0 Å². The lowest BCUT2D eigenvalue weighted by atomic mass is 10.2. The molecule has 3 aromatic carbocycles. The van der Waals surface area contributed by atoms with Gasteiger partial charge >= 0.3 is 0 Å². The number of aryl methyl sites for hydroxylation is 3. The summed E-state index contributed by atoms with van der Waals surface area (Å²) >= 11 is 14.4. The van der Waals surface area contributed by atoms with Gasteiger partial charge in [-0.05, 0) is 60.7 Å². The van der Waals surface area contributed by atoms with Gasteiger partial charge in [-0.3, -0.25) is 0 Å². The molecule has 0 saturated heterocycles. The Labute approximate surface area is 204 Å². The van der Waals surface area contributed by atoms with Crippen LogP contribution in [0.4, 0.5) is 11.4 Å². The summed E-state index contributed by atoms with van der Waals surface area (Å²) in [7, 11) is 0. The highest BCUT2D eigenvalue weighted by atomic mass is 32.2. The van der Waals surface area contributed by atoms with Crippen LogP contribution in [0.15, 0.2) is 76.5 Å². The molecule has 0 aliphatic carbocycles. The van der Waals surface area contributed by atoms with Crippen LogP contribution in [0.5, 0.6) is 0 Å². The zero-order chi connectivity index (χ0) is 22.2. The minimum Gasteiger partial charge on any atom is -0.341 e. The molecule has 3 rings (SSSR count). The van der Waals surface area contributed by atoms with Crippen molar-refractivity contribution in [1.82, 2.24) is 0 Å². The molecular formula is C25H26N2S4. The van der Waals surface area contributed by atoms with E-state index in [-0.39, 0.29) is 0 Å². The van der Waals surface area contributed by atoms with Gasteiger partial charge < -0.3 is 10.6 Å². The van der Waals surface area contributed by atoms with Crippen LogP contribution < -0.4 is 10.6 Å². The van der Waals surface area contributed by atoms with E-state index < -0.39 is 0 Å². The van der Waals surface area contributed by atoms with Gasteiger partial charge in [0.2, 0.25) is 0 Å². The third-order valence-electron chi connectivity index (χ3n) is 4.83. The molecule has 0 aliphatic heterocycles. The summed E-state index contributed by atoms with van der Waals surface area (Å²) in [6, 6.07) is 22.9. The van der Waals surface area contributed by atoms with E-state index in [0.717, 1.165) is 38.4 Å². The Morgan fingerprint density at radius 2 is 1.26 bits per heavy atom. The molecule has 0 aliphatic rings. The minimum absolute atomic E-state index is 0.726. The first-order valence-corrected chi connectivity index (χ1v) is 12.7. The molecule has 0 aromatic heterocycles. The number of hydrogen-bond acceptors (Lipinski definition) is 4. The second-order valence-electron chi connectivity index (χ2n) is 6.98. The van der Waals surface area contributed by atoms with Crippen LogP contribution >= 0.6 is 48.0 Å². The lowest BCUT2D eigenvalue weighted by Crippen LogP contribution is -2.09. The quantitative estimate of drug-likeness (QED) is 0.272.